The Kier molecular flexibility index (Phi) is 8.51. The van der Waals surface area contributed by atoms with Crippen LogP contribution in [0.4, 0.5) is 0 Å². The Hall–Kier alpha value is -2.60. The minimum Gasteiger partial charge on any atom is -0.497 e. The molecule has 2 atom stereocenters. The molecule has 0 radical (unpaired) electrons. The predicted molar refractivity (Wildman–Crippen MR) is 131 cm³/mol. The number of ether oxygens (including phenoxy) is 2. The maximum atomic E-state index is 12.3. The Morgan fingerprint density at radius 2 is 1.91 bits per heavy atom. The Bertz CT molecular complexity index is 1040. The van der Waals surface area contributed by atoms with E-state index < -0.39 is 0 Å². The van der Waals surface area contributed by atoms with Gasteiger partial charge in [-0.3, -0.25) is 4.79 Å². The number of nitrogens with zero attached hydrogens (tertiary/aromatic N) is 1. The van der Waals surface area contributed by atoms with Gasteiger partial charge in [-0.1, -0.05) is 54.6 Å². The number of fused-ring (bicyclic) bond motifs is 1. The molecule has 1 amide bonds. The van der Waals surface area contributed by atoms with Gasteiger partial charge in [0, 0.05) is 25.7 Å². The summed E-state index contributed by atoms with van der Waals surface area (Å²) in [6.45, 7) is 4.32. The van der Waals surface area contributed by atoms with Crippen molar-refractivity contribution in [2.24, 2.45) is 0 Å². The van der Waals surface area contributed by atoms with E-state index in [1.165, 1.54) is 16.3 Å². The standard InChI is InChI=1S/C26H30N2O3.ClH/c1-19(24-12-6-9-21-8-3-4-11-25(21)24)27-16-23-17-28(26(29)18-31-23)14-13-20-7-5-10-22(15-20)30-2;/h3-12,15,19,23,27H,13-14,16-18H2,1-2H3;1H/t19-,23?;/m1./s1. The quantitative estimate of drug-likeness (QED) is 0.548. The third-order valence-electron chi connectivity index (χ3n) is 5.97. The van der Waals surface area contributed by atoms with E-state index in [2.05, 4.69) is 60.8 Å². The van der Waals surface area contributed by atoms with Gasteiger partial charge >= 0.3 is 0 Å². The number of amides is 1. The first kappa shape index (κ1) is 24.1. The van der Waals surface area contributed by atoms with Crippen LogP contribution in [0.5, 0.6) is 5.75 Å². The number of hydrogen-bond acceptors (Lipinski definition) is 4. The second-order valence-corrected chi connectivity index (χ2v) is 8.07. The number of methoxy groups -OCH3 is 1. The van der Waals surface area contributed by atoms with Crippen LogP contribution in [0.1, 0.15) is 24.1 Å². The topological polar surface area (TPSA) is 50.8 Å². The lowest BCUT2D eigenvalue weighted by Gasteiger charge is -2.33. The van der Waals surface area contributed by atoms with Crippen LogP contribution >= 0.6 is 12.4 Å². The van der Waals surface area contributed by atoms with Crippen molar-refractivity contribution in [3.8, 4) is 5.75 Å². The van der Waals surface area contributed by atoms with E-state index in [-0.39, 0.29) is 37.1 Å². The van der Waals surface area contributed by atoms with Crippen molar-refractivity contribution in [3.63, 3.8) is 0 Å². The summed E-state index contributed by atoms with van der Waals surface area (Å²) >= 11 is 0. The van der Waals surface area contributed by atoms with Crippen molar-refractivity contribution in [2.75, 3.05) is 33.4 Å². The van der Waals surface area contributed by atoms with E-state index >= 15 is 0 Å². The van der Waals surface area contributed by atoms with Gasteiger partial charge in [-0.25, -0.2) is 0 Å². The molecule has 1 aliphatic heterocycles. The molecule has 1 aliphatic rings. The second kappa shape index (κ2) is 11.3. The van der Waals surface area contributed by atoms with Crippen LogP contribution in [0.15, 0.2) is 66.7 Å². The smallest absolute Gasteiger partial charge is 0.248 e. The van der Waals surface area contributed by atoms with Crippen molar-refractivity contribution in [1.82, 2.24) is 10.2 Å². The molecule has 32 heavy (non-hydrogen) atoms. The highest BCUT2D eigenvalue weighted by Crippen LogP contribution is 2.24. The van der Waals surface area contributed by atoms with Crippen molar-refractivity contribution in [3.05, 3.63) is 77.9 Å². The van der Waals surface area contributed by atoms with Gasteiger partial charge in [-0.05, 0) is 47.4 Å². The molecular formula is C26H31ClN2O3. The molecule has 3 aromatic rings. The average molecular weight is 455 g/mol. The van der Waals surface area contributed by atoms with Crippen molar-refractivity contribution >= 4 is 29.1 Å². The zero-order valence-corrected chi connectivity index (χ0v) is 19.4. The molecule has 0 aromatic heterocycles. The third kappa shape index (κ3) is 5.80. The zero-order valence-electron chi connectivity index (χ0n) is 18.6. The van der Waals surface area contributed by atoms with E-state index in [1.807, 2.05) is 23.1 Å². The molecule has 4 rings (SSSR count). The molecule has 0 aliphatic carbocycles. The number of nitrogens with one attached hydrogen (secondary N) is 1. The van der Waals surface area contributed by atoms with Gasteiger partial charge in [0.1, 0.15) is 12.4 Å². The summed E-state index contributed by atoms with van der Waals surface area (Å²) in [5.41, 5.74) is 2.44. The summed E-state index contributed by atoms with van der Waals surface area (Å²) in [5.74, 6) is 0.900. The lowest BCUT2D eigenvalue weighted by molar-refractivity contribution is -0.148. The number of rotatable bonds is 8. The van der Waals surface area contributed by atoms with Gasteiger partial charge < -0.3 is 19.7 Å². The van der Waals surface area contributed by atoms with Crippen LogP contribution in [0.2, 0.25) is 0 Å². The van der Waals surface area contributed by atoms with Gasteiger partial charge in [0.2, 0.25) is 5.91 Å². The summed E-state index contributed by atoms with van der Waals surface area (Å²) in [6.07, 6.45) is 0.788. The SMILES string of the molecule is COc1cccc(CCN2CC(CN[C@H](C)c3cccc4ccccc34)OCC2=O)c1.Cl. The van der Waals surface area contributed by atoms with Crippen LogP contribution in [0.25, 0.3) is 10.8 Å². The fraction of sp³-hybridized carbons (Fsp3) is 0.346. The highest BCUT2D eigenvalue weighted by molar-refractivity contribution is 5.86. The van der Waals surface area contributed by atoms with Crippen LogP contribution in [0.3, 0.4) is 0 Å². The minimum absolute atomic E-state index is 0. The first-order valence-electron chi connectivity index (χ1n) is 10.9. The van der Waals surface area contributed by atoms with E-state index in [0.29, 0.717) is 19.6 Å². The third-order valence-corrected chi connectivity index (χ3v) is 5.97. The van der Waals surface area contributed by atoms with Crippen LogP contribution in [-0.4, -0.2) is 50.3 Å². The summed E-state index contributed by atoms with van der Waals surface area (Å²) in [5, 5.41) is 6.12. The van der Waals surface area contributed by atoms with Crippen molar-refractivity contribution < 1.29 is 14.3 Å². The van der Waals surface area contributed by atoms with Crippen LogP contribution < -0.4 is 10.1 Å². The lowest BCUT2D eigenvalue weighted by Crippen LogP contribution is -2.50. The molecular weight excluding hydrogens is 424 g/mol. The van der Waals surface area contributed by atoms with E-state index in [0.717, 1.165) is 17.7 Å². The molecule has 1 fully saturated rings. The first-order chi connectivity index (χ1) is 15.1. The Morgan fingerprint density at radius 3 is 2.75 bits per heavy atom. The molecule has 0 saturated carbocycles. The van der Waals surface area contributed by atoms with Crippen LogP contribution in [-0.2, 0) is 16.0 Å². The fourth-order valence-electron chi connectivity index (χ4n) is 4.16. The first-order valence-corrected chi connectivity index (χ1v) is 10.9. The largest absolute Gasteiger partial charge is 0.497 e. The molecule has 1 N–H and O–H groups in total. The highest BCUT2D eigenvalue weighted by Gasteiger charge is 2.26. The minimum atomic E-state index is -0.0135. The molecule has 1 heterocycles. The lowest BCUT2D eigenvalue weighted by atomic mass is 9.99. The van der Waals surface area contributed by atoms with Crippen molar-refractivity contribution in [1.29, 1.82) is 0 Å². The summed E-state index contributed by atoms with van der Waals surface area (Å²) in [7, 11) is 1.67. The van der Waals surface area contributed by atoms with Gasteiger partial charge in [0.25, 0.3) is 0 Å². The Morgan fingerprint density at radius 1 is 1.12 bits per heavy atom. The maximum absolute atomic E-state index is 12.3. The Labute approximate surface area is 196 Å². The molecule has 0 spiro atoms. The molecule has 0 bridgehead atoms. The number of carbonyl (C=O) groups is 1. The molecule has 3 aromatic carbocycles. The molecule has 6 heteroatoms. The summed E-state index contributed by atoms with van der Waals surface area (Å²) < 4.78 is 11.1. The number of morpholine rings is 1. The number of halogens is 1. The number of hydrogen-bond donors (Lipinski definition) is 1. The summed E-state index contributed by atoms with van der Waals surface area (Å²) in [4.78, 5) is 14.3. The van der Waals surface area contributed by atoms with E-state index in [9.17, 15) is 4.79 Å². The number of carbonyl (C=O) groups excluding carboxylic acids is 1. The average Bonchev–Trinajstić information content (AvgIpc) is 2.82. The van der Waals surface area contributed by atoms with Gasteiger partial charge in [0.15, 0.2) is 0 Å². The van der Waals surface area contributed by atoms with E-state index in [1.54, 1.807) is 7.11 Å². The normalized spacial score (nSPS) is 17.1. The summed E-state index contributed by atoms with van der Waals surface area (Å²) in [6, 6.07) is 23.1. The highest BCUT2D eigenvalue weighted by atomic mass is 35.5. The maximum Gasteiger partial charge on any atom is 0.248 e. The fourth-order valence-corrected chi connectivity index (χ4v) is 4.16. The van der Waals surface area contributed by atoms with Crippen LogP contribution in [0, 0.1) is 0 Å². The van der Waals surface area contributed by atoms with Crippen molar-refractivity contribution in [2.45, 2.75) is 25.5 Å². The van der Waals surface area contributed by atoms with Gasteiger partial charge in [-0.15, -0.1) is 12.4 Å². The number of benzene rings is 3. The Balaban J connectivity index is 0.00000289. The molecule has 1 unspecified atom stereocenters. The van der Waals surface area contributed by atoms with Gasteiger partial charge in [-0.2, -0.15) is 0 Å². The zero-order chi connectivity index (χ0) is 21.6. The molecule has 170 valence electrons. The monoisotopic (exact) mass is 454 g/mol. The van der Waals surface area contributed by atoms with E-state index in [4.69, 9.17) is 9.47 Å². The predicted octanol–water partition coefficient (Wildman–Crippen LogP) is 4.39. The second-order valence-electron chi connectivity index (χ2n) is 8.07. The molecule has 5 nitrogen and oxygen atoms in total. The van der Waals surface area contributed by atoms with Gasteiger partial charge in [0.05, 0.1) is 13.2 Å². The molecule has 1 saturated heterocycles.